The van der Waals surface area contributed by atoms with Crippen LogP contribution in [0.25, 0.3) is 10.9 Å². The fraction of sp³-hybridized carbons (Fsp3) is 0.417. The van der Waals surface area contributed by atoms with Crippen LogP contribution in [0.15, 0.2) is 59.6 Å². The molecule has 0 radical (unpaired) electrons. The zero-order valence-corrected chi connectivity index (χ0v) is 17.1. The van der Waals surface area contributed by atoms with Crippen LogP contribution in [-0.4, -0.2) is 35.8 Å². The van der Waals surface area contributed by atoms with Crippen LogP contribution in [-0.2, 0) is 6.42 Å². The summed E-state index contributed by atoms with van der Waals surface area (Å²) in [5, 5.41) is 2.75. The first-order valence-electron chi connectivity index (χ1n) is 10.3. The first-order chi connectivity index (χ1) is 13.3. The Bertz CT molecular complexity index is 855. The molecule has 0 amide bonds. The molecule has 3 heteroatoms. The highest BCUT2D eigenvalue weighted by Crippen LogP contribution is 2.30. The number of fused-ring (bicyclic) bond motifs is 1. The van der Waals surface area contributed by atoms with E-state index in [0.717, 1.165) is 5.92 Å². The Hall–Kier alpha value is -1.71. The Morgan fingerprint density at radius 3 is 2.70 bits per heavy atom. The quantitative estimate of drug-likeness (QED) is 0.396. The Balaban J connectivity index is 1.30. The summed E-state index contributed by atoms with van der Waals surface area (Å²) in [6, 6.07) is 19.8. The number of nitrogens with zero attached hydrogens (tertiary/aromatic N) is 1. The standard InChI is InChI=1S/C24H30N2S/c1-27-24-22(21-13-5-6-15-23(21)25-24)14-7-8-16-26-17-9-12-20(18-26)19-10-3-2-4-11-19/h2-6,10-11,13,15,20,25H,7-9,12,14,16-18H2,1H3. The van der Waals surface area contributed by atoms with Crippen LogP contribution in [0.4, 0.5) is 0 Å². The summed E-state index contributed by atoms with van der Waals surface area (Å²) in [5.41, 5.74) is 4.31. The molecule has 0 spiro atoms. The van der Waals surface area contributed by atoms with Gasteiger partial charge >= 0.3 is 0 Å². The van der Waals surface area contributed by atoms with E-state index in [1.54, 1.807) is 0 Å². The number of para-hydroxylation sites is 1. The van der Waals surface area contributed by atoms with Gasteiger partial charge in [-0.05, 0) is 74.6 Å². The summed E-state index contributed by atoms with van der Waals surface area (Å²) >= 11 is 1.84. The van der Waals surface area contributed by atoms with Crippen LogP contribution >= 0.6 is 11.8 Å². The van der Waals surface area contributed by atoms with E-state index in [1.165, 1.54) is 78.8 Å². The molecule has 4 rings (SSSR count). The van der Waals surface area contributed by atoms with Crippen molar-refractivity contribution in [3.8, 4) is 0 Å². The lowest BCUT2D eigenvalue weighted by molar-refractivity contribution is 0.204. The third-order valence-corrected chi connectivity index (χ3v) is 6.66. The van der Waals surface area contributed by atoms with E-state index in [1.807, 2.05) is 11.8 Å². The minimum Gasteiger partial charge on any atom is -0.350 e. The first kappa shape index (κ1) is 18.6. The number of piperidine rings is 1. The summed E-state index contributed by atoms with van der Waals surface area (Å²) in [4.78, 5) is 6.27. The number of thioether (sulfide) groups is 1. The predicted molar refractivity (Wildman–Crippen MR) is 118 cm³/mol. The van der Waals surface area contributed by atoms with Crippen molar-refractivity contribution in [3.63, 3.8) is 0 Å². The van der Waals surface area contributed by atoms with Gasteiger partial charge in [0.2, 0.25) is 0 Å². The van der Waals surface area contributed by atoms with E-state index >= 15 is 0 Å². The van der Waals surface area contributed by atoms with Crippen molar-refractivity contribution in [2.75, 3.05) is 25.9 Å². The van der Waals surface area contributed by atoms with E-state index in [4.69, 9.17) is 0 Å². The van der Waals surface area contributed by atoms with Crippen LogP contribution in [0, 0.1) is 0 Å². The molecular formula is C24H30N2S. The number of H-pyrrole nitrogens is 1. The van der Waals surface area contributed by atoms with Crippen LogP contribution in [0.3, 0.4) is 0 Å². The number of aromatic amines is 1. The molecule has 1 atom stereocenters. The Morgan fingerprint density at radius 2 is 1.85 bits per heavy atom. The van der Waals surface area contributed by atoms with E-state index in [0.29, 0.717) is 0 Å². The molecule has 1 unspecified atom stereocenters. The van der Waals surface area contributed by atoms with Crippen molar-refractivity contribution in [2.24, 2.45) is 0 Å². The van der Waals surface area contributed by atoms with Gasteiger partial charge in [-0.3, -0.25) is 0 Å². The second-order valence-corrected chi connectivity index (χ2v) is 8.51. The zero-order chi connectivity index (χ0) is 18.5. The molecule has 0 saturated carbocycles. The maximum atomic E-state index is 3.58. The van der Waals surface area contributed by atoms with E-state index < -0.39 is 0 Å². The van der Waals surface area contributed by atoms with Gasteiger partial charge in [-0.25, -0.2) is 0 Å². The number of aryl methyl sites for hydroxylation is 1. The fourth-order valence-electron chi connectivity index (χ4n) is 4.49. The molecule has 2 nitrogen and oxygen atoms in total. The number of hydrogen-bond donors (Lipinski definition) is 1. The number of aromatic nitrogens is 1. The highest BCUT2D eigenvalue weighted by atomic mass is 32.2. The van der Waals surface area contributed by atoms with Gasteiger partial charge in [-0.2, -0.15) is 0 Å². The molecule has 3 aromatic rings. The van der Waals surface area contributed by atoms with Crippen molar-refractivity contribution < 1.29 is 0 Å². The molecule has 2 heterocycles. The molecule has 27 heavy (non-hydrogen) atoms. The predicted octanol–water partition coefficient (Wildman–Crippen LogP) is 6.09. The normalized spacial score (nSPS) is 18.2. The second kappa shape index (κ2) is 8.99. The van der Waals surface area contributed by atoms with Crippen molar-refractivity contribution in [3.05, 3.63) is 65.7 Å². The largest absolute Gasteiger partial charge is 0.350 e. The van der Waals surface area contributed by atoms with Gasteiger partial charge in [-0.15, -0.1) is 11.8 Å². The van der Waals surface area contributed by atoms with Crippen LogP contribution in [0.1, 0.15) is 42.7 Å². The highest BCUT2D eigenvalue weighted by molar-refractivity contribution is 7.98. The lowest BCUT2D eigenvalue weighted by Gasteiger charge is -2.33. The fourth-order valence-corrected chi connectivity index (χ4v) is 5.16. The molecule has 142 valence electrons. The van der Waals surface area contributed by atoms with Crippen molar-refractivity contribution >= 4 is 22.7 Å². The van der Waals surface area contributed by atoms with Crippen molar-refractivity contribution in [2.45, 2.75) is 43.0 Å². The van der Waals surface area contributed by atoms with Crippen molar-refractivity contribution in [1.82, 2.24) is 9.88 Å². The third-order valence-electron chi connectivity index (χ3n) is 5.91. The highest BCUT2D eigenvalue weighted by Gasteiger charge is 2.20. The van der Waals surface area contributed by atoms with Gasteiger partial charge in [0.25, 0.3) is 0 Å². The minimum atomic E-state index is 0.719. The number of likely N-dealkylation sites (tertiary alicyclic amines) is 1. The number of nitrogens with one attached hydrogen (secondary N) is 1. The average Bonchev–Trinajstić information content (AvgIpc) is 3.10. The number of hydrogen-bond acceptors (Lipinski definition) is 2. The molecule has 1 fully saturated rings. The molecule has 0 bridgehead atoms. The summed E-state index contributed by atoms with van der Waals surface area (Å²) < 4.78 is 0. The Morgan fingerprint density at radius 1 is 1.04 bits per heavy atom. The second-order valence-electron chi connectivity index (χ2n) is 7.69. The molecule has 1 aliphatic heterocycles. The van der Waals surface area contributed by atoms with Gasteiger partial charge in [0.05, 0.1) is 5.03 Å². The molecule has 1 N–H and O–H groups in total. The SMILES string of the molecule is CSc1[nH]c2ccccc2c1CCCCN1CCCC(c2ccccc2)C1. The van der Waals surface area contributed by atoms with E-state index in [-0.39, 0.29) is 0 Å². The first-order valence-corrected chi connectivity index (χ1v) is 11.5. The van der Waals surface area contributed by atoms with Crippen molar-refractivity contribution in [1.29, 1.82) is 0 Å². The third kappa shape index (κ3) is 4.41. The summed E-state index contributed by atoms with van der Waals surface area (Å²) in [5.74, 6) is 0.719. The van der Waals surface area contributed by atoms with Crippen LogP contribution < -0.4 is 0 Å². The monoisotopic (exact) mass is 378 g/mol. The van der Waals surface area contributed by atoms with Gasteiger partial charge in [0.15, 0.2) is 0 Å². The van der Waals surface area contributed by atoms with Gasteiger partial charge in [0, 0.05) is 17.4 Å². The maximum Gasteiger partial charge on any atom is 0.0762 e. The topological polar surface area (TPSA) is 19.0 Å². The zero-order valence-electron chi connectivity index (χ0n) is 16.3. The summed E-state index contributed by atoms with van der Waals surface area (Å²) in [7, 11) is 0. The number of rotatable bonds is 7. The van der Waals surface area contributed by atoms with E-state index in [9.17, 15) is 0 Å². The molecule has 1 aliphatic rings. The smallest absolute Gasteiger partial charge is 0.0762 e. The number of unbranched alkanes of at least 4 members (excludes halogenated alkanes) is 1. The molecule has 1 saturated heterocycles. The number of benzene rings is 2. The lowest BCUT2D eigenvalue weighted by atomic mass is 9.90. The van der Waals surface area contributed by atoms with Gasteiger partial charge in [0.1, 0.15) is 0 Å². The van der Waals surface area contributed by atoms with Crippen LogP contribution in [0.5, 0.6) is 0 Å². The Kier molecular flexibility index (Phi) is 6.21. The van der Waals surface area contributed by atoms with Gasteiger partial charge < -0.3 is 9.88 Å². The molecular weight excluding hydrogens is 348 g/mol. The Labute approximate surface area is 167 Å². The molecule has 0 aliphatic carbocycles. The summed E-state index contributed by atoms with van der Waals surface area (Å²) in [6.07, 6.45) is 8.57. The maximum absolute atomic E-state index is 3.58. The average molecular weight is 379 g/mol. The minimum absolute atomic E-state index is 0.719. The summed E-state index contributed by atoms with van der Waals surface area (Å²) in [6.45, 7) is 3.74. The van der Waals surface area contributed by atoms with E-state index in [2.05, 4.69) is 70.7 Å². The van der Waals surface area contributed by atoms with Crippen LogP contribution in [0.2, 0.25) is 0 Å². The molecule has 1 aromatic heterocycles. The molecule has 2 aromatic carbocycles. The van der Waals surface area contributed by atoms with Gasteiger partial charge in [-0.1, -0.05) is 48.5 Å². The lowest BCUT2D eigenvalue weighted by Crippen LogP contribution is -2.35.